The molecule has 0 saturated heterocycles. The van der Waals surface area contributed by atoms with E-state index in [1.165, 1.54) is 50.0 Å². The molecule has 1 aromatic heterocycles. The molecule has 2 aromatic carbocycles. The fraction of sp³-hybridized carbons (Fsp3) is 0.167. The molecular formula is C24H21N. The average Bonchev–Trinajstić information content (AvgIpc) is 3.29. The van der Waals surface area contributed by atoms with Crippen LogP contribution in [-0.2, 0) is 7.05 Å². The maximum absolute atomic E-state index is 2.37. The third-order valence-electron chi connectivity index (χ3n) is 5.65. The highest BCUT2D eigenvalue weighted by Crippen LogP contribution is 2.53. The lowest BCUT2D eigenvalue weighted by molar-refractivity contribution is 0.972. The van der Waals surface area contributed by atoms with Gasteiger partial charge in [-0.15, -0.1) is 0 Å². The van der Waals surface area contributed by atoms with Gasteiger partial charge in [0.25, 0.3) is 0 Å². The van der Waals surface area contributed by atoms with Crippen molar-refractivity contribution >= 4 is 10.9 Å². The van der Waals surface area contributed by atoms with Crippen molar-refractivity contribution < 1.29 is 0 Å². The Balaban J connectivity index is 1.85. The molecule has 2 aliphatic rings. The van der Waals surface area contributed by atoms with Crippen molar-refractivity contribution in [1.82, 2.24) is 4.57 Å². The average molecular weight is 323 g/mol. The Labute approximate surface area is 148 Å². The summed E-state index contributed by atoms with van der Waals surface area (Å²) in [7, 11) is 2.20. The topological polar surface area (TPSA) is 4.93 Å². The number of hydrogen-bond donors (Lipinski definition) is 0. The lowest BCUT2D eigenvalue weighted by atomic mass is 9.88. The number of aryl methyl sites for hydroxylation is 1. The summed E-state index contributed by atoms with van der Waals surface area (Å²) in [6, 6.07) is 17.7. The molecule has 0 saturated carbocycles. The zero-order valence-corrected chi connectivity index (χ0v) is 14.9. The standard InChI is InChI=1S/C24H21N/c1-15(2)16-12-13-17(14-16)22-18-8-4-5-9-19(18)24-23(22)20-10-6-7-11-21(20)25(24)3/h4-14,22H,1-3H3. The quantitative estimate of drug-likeness (QED) is 0.508. The van der Waals surface area contributed by atoms with E-state index in [9.17, 15) is 0 Å². The van der Waals surface area contributed by atoms with Crippen LogP contribution in [0.1, 0.15) is 30.9 Å². The van der Waals surface area contributed by atoms with E-state index >= 15 is 0 Å². The van der Waals surface area contributed by atoms with Gasteiger partial charge in [0.2, 0.25) is 0 Å². The molecule has 5 rings (SSSR count). The highest BCUT2D eigenvalue weighted by molar-refractivity contribution is 5.97. The van der Waals surface area contributed by atoms with Crippen molar-refractivity contribution in [3.8, 4) is 11.3 Å². The molecule has 0 aliphatic heterocycles. The predicted octanol–water partition coefficient (Wildman–Crippen LogP) is 6.12. The molecule has 1 unspecified atom stereocenters. The van der Waals surface area contributed by atoms with Crippen LogP contribution in [0.4, 0.5) is 0 Å². The molecule has 0 fully saturated rings. The second-order valence-electron chi connectivity index (χ2n) is 7.29. The van der Waals surface area contributed by atoms with E-state index in [2.05, 4.69) is 92.2 Å². The van der Waals surface area contributed by atoms with Crippen LogP contribution in [0.2, 0.25) is 0 Å². The van der Waals surface area contributed by atoms with Gasteiger partial charge in [0.15, 0.2) is 0 Å². The monoisotopic (exact) mass is 323 g/mol. The van der Waals surface area contributed by atoms with Crippen molar-refractivity contribution in [1.29, 1.82) is 0 Å². The lowest BCUT2D eigenvalue weighted by Gasteiger charge is -2.14. The maximum atomic E-state index is 2.37. The molecule has 25 heavy (non-hydrogen) atoms. The van der Waals surface area contributed by atoms with Crippen LogP contribution in [0.15, 0.2) is 83.5 Å². The summed E-state index contributed by atoms with van der Waals surface area (Å²) in [6.45, 7) is 4.37. The highest BCUT2D eigenvalue weighted by Gasteiger charge is 2.35. The Morgan fingerprint density at radius 2 is 1.68 bits per heavy atom. The Bertz CT molecular complexity index is 1110. The van der Waals surface area contributed by atoms with Crippen molar-refractivity contribution in [2.45, 2.75) is 19.8 Å². The van der Waals surface area contributed by atoms with E-state index in [0.717, 1.165) is 0 Å². The molecule has 0 amide bonds. The van der Waals surface area contributed by atoms with Crippen molar-refractivity contribution in [2.24, 2.45) is 7.05 Å². The number of allylic oxidation sites excluding steroid dienone is 6. The van der Waals surface area contributed by atoms with Gasteiger partial charge in [-0.2, -0.15) is 0 Å². The van der Waals surface area contributed by atoms with Crippen LogP contribution in [-0.4, -0.2) is 4.57 Å². The number of nitrogens with zero attached hydrogens (tertiary/aromatic N) is 1. The first kappa shape index (κ1) is 14.5. The molecular weight excluding hydrogens is 302 g/mol. The molecule has 122 valence electrons. The third kappa shape index (κ3) is 1.90. The second kappa shape index (κ2) is 5.10. The number of fused-ring (bicyclic) bond motifs is 5. The van der Waals surface area contributed by atoms with Gasteiger partial charge in [-0.25, -0.2) is 0 Å². The highest BCUT2D eigenvalue weighted by atomic mass is 15.0. The number of aromatic nitrogens is 1. The van der Waals surface area contributed by atoms with Gasteiger partial charge in [0.05, 0.1) is 5.69 Å². The number of rotatable bonds is 1. The second-order valence-corrected chi connectivity index (χ2v) is 7.29. The minimum atomic E-state index is 0.324. The minimum absolute atomic E-state index is 0.324. The predicted molar refractivity (Wildman–Crippen MR) is 106 cm³/mol. The van der Waals surface area contributed by atoms with E-state index in [4.69, 9.17) is 0 Å². The number of para-hydroxylation sites is 1. The van der Waals surface area contributed by atoms with Gasteiger partial charge in [-0.05, 0) is 42.2 Å². The summed E-state index contributed by atoms with van der Waals surface area (Å²) in [6.07, 6.45) is 6.94. The maximum Gasteiger partial charge on any atom is 0.0534 e. The van der Waals surface area contributed by atoms with Crippen molar-refractivity contribution in [2.75, 3.05) is 0 Å². The van der Waals surface area contributed by atoms with Gasteiger partial charge in [-0.1, -0.05) is 66.3 Å². The van der Waals surface area contributed by atoms with E-state index in [-0.39, 0.29) is 0 Å². The van der Waals surface area contributed by atoms with E-state index in [1.54, 1.807) is 0 Å². The first-order valence-corrected chi connectivity index (χ1v) is 8.90. The van der Waals surface area contributed by atoms with Crippen LogP contribution >= 0.6 is 0 Å². The van der Waals surface area contributed by atoms with Crippen molar-refractivity contribution in [3.63, 3.8) is 0 Å². The summed E-state index contributed by atoms with van der Waals surface area (Å²) in [5.74, 6) is 0.324. The Kier molecular flexibility index (Phi) is 2.96. The Hall–Kier alpha value is -2.80. The molecule has 2 aliphatic carbocycles. The van der Waals surface area contributed by atoms with Gasteiger partial charge in [-0.3, -0.25) is 0 Å². The van der Waals surface area contributed by atoms with Crippen LogP contribution in [0, 0.1) is 0 Å². The van der Waals surface area contributed by atoms with E-state index < -0.39 is 0 Å². The summed E-state index contributed by atoms with van der Waals surface area (Å²) in [4.78, 5) is 0. The van der Waals surface area contributed by atoms with E-state index in [1.807, 2.05) is 0 Å². The third-order valence-corrected chi connectivity index (χ3v) is 5.65. The molecule has 3 aromatic rings. The van der Waals surface area contributed by atoms with Crippen LogP contribution in [0.3, 0.4) is 0 Å². The Morgan fingerprint density at radius 3 is 2.48 bits per heavy atom. The molecule has 1 atom stereocenters. The summed E-state index contributed by atoms with van der Waals surface area (Å²) >= 11 is 0. The fourth-order valence-corrected chi connectivity index (χ4v) is 4.46. The number of hydrogen-bond acceptors (Lipinski definition) is 0. The zero-order chi connectivity index (χ0) is 17.1. The first-order chi connectivity index (χ1) is 12.2. The molecule has 0 spiro atoms. The minimum Gasteiger partial charge on any atom is -0.343 e. The molecule has 1 heterocycles. The summed E-state index contributed by atoms with van der Waals surface area (Å²) < 4.78 is 2.37. The lowest BCUT2D eigenvalue weighted by Crippen LogP contribution is -1.98. The van der Waals surface area contributed by atoms with Gasteiger partial charge in [0, 0.05) is 29.4 Å². The number of benzene rings is 2. The molecule has 0 N–H and O–H groups in total. The molecule has 0 bridgehead atoms. The van der Waals surface area contributed by atoms with Gasteiger partial charge in [0.1, 0.15) is 0 Å². The van der Waals surface area contributed by atoms with Crippen LogP contribution in [0.25, 0.3) is 22.2 Å². The van der Waals surface area contributed by atoms with Crippen molar-refractivity contribution in [3.05, 3.63) is 94.6 Å². The summed E-state index contributed by atoms with van der Waals surface area (Å²) in [5, 5.41) is 1.38. The molecule has 1 nitrogen and oxygen atoms in total. The van der Waals surface area contributed by atoms with Crippen LogP contribution < -0.4 is 0 Å². The summed E-state index contributed by atoms with van der Waals surface area (Å²) in [5.41, 5.74) is 11.1. The first-order valence-electron chi connectivity index (χ1n) is 8.90. The Morgan fingerprint density at radius 1 is 0.920 bits per heavy atom. The van der Waals surface area contributed by atoms with E-state index in [0.29, 0.717) is 5.92 Å². The smallest absolute Gasteiger partial charge is 0.0534 e. The van der Waals surface area contributed by atoms with Crippen LogP contribution in [0.5, 0.6) is 0 Å². The normalized spacial score (nSPS) is 17.8. The molecule has 1 heteroatoms. The fourth-order valence-electron chi connectivity index (χ4n) is 4.46. The van der Waals surface area contributed by atoms with Gasteiger partial charge >= 0.3 is 0 Å². The SMILES string of the molecule is CC(C)=C1C=CC(C2c3ccccc3-c3c2c2ccccc2n3C)=C1. The van der Waals surface area contributed by atoms with Gasteiger partial charge < -0.3 is 4.57 Å². The largest absolute Gasteiger partial charge is 0.343 e. The zero-order valence-electron chi connectivity index (χ0n) is 14.9. The molecule has 0 radical (unpaired) electrons.